The van der Waals surface area contributed by atoms with Gasteiger partial charge < -0.3 is 5.32 Å². The minimum Gasteiger partial charge on any atom is -0.316 e. The second-order valence-electron chi connectivity index (χ2n) is 5.39. The minimum absolute atomic E-state index is 0.917. The minimum atomic E-state index is 0.917. The molecule has 2 rings (SSSR count). The van der Waals surface area contributed by atoms with Crippen LogP contribution in [0.5, 0.6) is 0 Å². The zero-order valence-corrected chi connectivity index (χ0v) is 12.2. The van der Waals surface area contributed by atoms with Crippen LogP contribution >= 0.6 is 11.8 Å². The Morgan fingerprint density at radius 3 is 2.72 bits per heavy atom. The quantitative estimate of drug-likeness (QED) is 0.610. The van der Waals surface area contributed by atoms with Gasteiger partial charge in [-0.3, -0.25) is 0 Å². The Bertz CT molecular complexity index is 325. The van der Waals surface area contributed by atoms with E-state index in [4.69, 9.17) is 0 Å². The fraction of sp³-hybridized carbons (Fsp3) is 0.625. The third kappa shape index (κ3) is 4.66. The zero-order valence-electron chi connectivity index (χ0n) is 11.4. The number of thioether (sulfide) groups is 1. The van der Waals surface area contributed by atoms with Gasteiger partial charge in [-0.2, -0.15) is 0 Å². The van der Waals surface area contributed by atoms with Crippen LogP contribution < -0.4 is 5.32 Å². The summed E-state index contributed by atoms with van der Waals surface area (Å²) < 4.78 is 0. The van der Waals surface area contributed by atoms with E-state index in [-0.39, 0.29) is 0 Å². The van der Waals surface area contributed by atoms with Crippen LogP contribution in [0.2, 0.25) is 0 Å². The third-order valence-electron chi connectivity index (χ3n) is 3.99. The van der Waals surface area contributed by atoms with Crippen molar-refractivity contribution in [3.05, 3.63) is 30.3 Å². The first kappa shape index (κ1) is 14.0. The first-order chi connectivity index (χ1) is 8.86. The molecule has 0 aliphatic heterocycles. The number of hydrogen-bond donors (Lipinski definition) is 1. The second-order valence-corrected chi connectivity index (χ2v) is 6.56. The molecule has 0 aromatic heterocycles. The Labute approximate surface area is 116 Å². The van der Waals surface area contributed by atoms with Crippen LogP contribution in [0.3, 0.4) is 0 Å². The Morgan fingerprint density at radius 1 is 1.17 bits per heavy atom. The summed E-state index contributed by atoms with van der Waals surface area (Å²) in [4.78, 5) is 1.38. The topological polar surface area (TPSA) is 12.0 Å². The van der Waals surface area contributed by atoms with Gasteiger partial charge in [-0.05, 0) is 36.9 Å². The summed E-state index contributed by atoms with van der Waals surface area (Å²) >= 11 is 1.95. The monoisotopic (exact) mass is 263 g/mol. The molecule has 0 radical (unpaired) electrons. The summed E-state index contributed by atoms with van der Waals surface area (Å²) in [5, 5.41) is 3.63. The van der Waals surface area contributed by atoms with E-state index >= 15 is 0 Å². The molecule has 18 heavy (non-hydrogen) atoms. The SMILES string of the molecule is CC1CCCCC1CNCCSc1ccccc1. The van der Waals surface area contributed by atoms with Gasteiger partial charge in [-0.25, -0.2) is 0 Å². The van der Waals surface area contributed by atoms with Gasteiger partial charge in [0, 0.05) is 17.2 Å². The maximum Gasteiger partial charge on any atom is 0.0106 e. The number of rotatable bonds is 6. The van der Waals surface area contributed by atoms with Gasteiger partial charge in [-0.15, -0.1) is 11.8 Å². The highest BCUT2D eigenvalue weighted by atomic mass is 32.2. The van der Waals surface area contributed by atoms with E-state index in [0.717, 1.165) is 18.4 Å². The molecule has 0 heterocycles. The first-order valence-corrected chi connectivity index (χ1v) is 8.23. The number of nitrogens with one attached hydrogen (secondary N) is 1. The van der Waals surface area contributed by atoms with Crippen molar-refractivity contribution in [3.8, 4) is 0 Å². The van der Waals surface area contributed by atoms with Crippen LogP contribution in [0.25, 0.3) is 0 Å². The van der Waals surface area contributed by atoms with Crippen molar-refractivity contribution < 1.29 is 0 Å². The fourth-order valence-electron chi connectivity index (χ4n) is 2.74. The lowest BCUT2D eigenvalue weighted by Crippen LogP contribution is -2.30. The molecule has 100 valence electrons. The van der Waals surface area contributed by atoms with Gasteiger partial charge in [0.05, 0.1) is 0 Å². The van der Waals surface area contributed by atoms with Crippen molar-refractivity contribution in [3.63, 3.8) is 0 Å². The fourth-order valence-corrected chi connectivity index (χ4v) is 3.57. The van der Waals surface area contributed by atoms with E-state index in [9.17, 15) is 0 Å². The lowest BCUT2D eigenvalue weighted by Gasteiger charge is -2.28. The maximum atomic E-state index is 3.63. The van der Waals surface area contributed by atoms with E-state index in [1.807, 2.05) is 11.8 Å². The molecule has 0 spiro atoms. The van der Waals surface area contributed by atoms with Crippen LogP contribution in [-0.2, 0) is 0 Å². The van der Waals surface area contributed by atoms with Gasteiger partial charge in [0.25, 0.3) is 0 Å². The molecule has 1 N–H and O–H groups in total. The number of hydrogen-bond acceptors (Lipinski definition) is 2. The van der Waals surface area contributed by atoms with Crippen molar-refractivity contribution in [1.82, 2.24) is 5.32 Å². The highest BCUT2D eigenvalue weighted by Crippen LogP contribution is 2.28. The first-order valence-electron chi connectivity index (χ1n) is 7.25. The van der Waals surface area contributed by atoms with Crippen LogP contribution in [0.1, 0.15) is 32.6 Å². The average molecular weight is 263 g/mol. The molecule has 0 saturated heterocycles. The van der Waals surface area contributed by atoms with Gasteiger partial charge in [0.1, 0.15) is 0 Å². The molecule has 1 aliphatic rings. The Hall–Kier alpha value is -0.470. The smallest absolute Gasteiger partial charge is 0.0106 e. The molecule has 1 aliphatic carbocycles. The molecule has 0 amide bonds. The molecule has 0 bridgehead atoms. The molecule has 2 heteroatoms. The molecular weight excluding hydrogens is 238 g/mol. The largest absolute Gasteiger partial charge is 0.316 e. The molecule has 1 aromatic rings. The maximum absolute atomic E-state index is 3.63. The van der Waals surface area contributed by atoms with Crippen molar-refractivity contribution >= 4 is 11.8 Å². The van der Waals surface area contributed by atoms with Crippen LogP contribution in [-0.4, -0.2) is 18.8 Å². The second kappa shape index (κ2) is 7.85. The highest BCUT2D eigenvalue weighted by Gasteiger charge is 2.20. The van der Waals surface area contributed by atoms with E-state index in [1.54, 1.807) is 0 Å². The van der Waals surface area contributed by atoms with E-state index in [1.165, 1.54) is 42.9 Å². The highest BCUT2D eigenvalue weighted by molar-refractivity contribution is 7.99. The van der Waals surface area contributed by atoms with Crippen molar-refractivity contribution in [2.75, 3.05) is 18.8 Å². The summed E-state index contributed by atoms with van der Waals surface area (Å²) in [5.41, 5.74) is 0. The Morgan fingerprint density at radius 2 is 1.94 bits per heavy atom. The van der Waals surface area contributed by atoms with Crippen molar-refractivity contribution in [2.45, 2.75) is 37.5 Å². The lowest BCUT2D eigenvalue weighted by molar-refractivity contribution is 0.249. The van der Waals surface area contributed by atoms with Gasteiger partial charge in [0.2, 0.25) is 0 Å². The summed E-state index contributed by atoms with van der Waals surface area (Å²) in [5.74, 6) is 3.01. The van der Waals surface area contributed by atoms with Gasteiger partial charge in [0.15, 0.2) is 0 Å². The number of benzene rings is 1. The van der Waals surface area contributed by atoms with Crippen molar-refractivity contribution in [2.24, 2.45) is 11.8 Å². The van der Waals surface area contributed by atoms with E-state index in [2.05, 4.69) is 42.6 Å². The molecule has 1 saturated carbocycles. The Balaban J connectivity index is 1.56. The van der Waals surface area contributed by atoms with Crippen LogP contribution in [0, 0.1) is 11.8 Å². The molecule has 2 atom stereocenters. The Kier molecular flexibility index (Phi) is 6.09. The zero-order chi connectivity index (χ0) is 12.6. The molecule has 1 nitrogen and oxygen atoms in total. The average Bonchev–Trinajstić information content (AvgIpc) is 2.42. The summed E-state index contributed by atoms with van der Waals surface area (Å²) in [6.45, 7) is 4.77. The molecule has 2 unspecified atom stereocenters. The summed E-state index contributed by atoms with van der Waals surface area (Å²) in [7, 11) is 0. The van der Waals surface area contributed by atoms with Crippen molar-refractivity contribution in [1.29, 1.82) is 0 Å². The van der Waals surface area contributed by atoms with Crippen LogP contribution in [0.4, 0.5) is 0 Å². The van der Waals surface area contributed by atoms with Crippen LogP contribution in [0.15, 0.2) is 35.2 Å². The molecular formula is C16H25NS. The van der Waals surface area contributed by atoms with Gasteiger partial charge >= 0.3 is 0 Å². The normalized spacial score (nSPS) is 24.1. The predicted molar refractivity (Wildman–Crippen MR) is 81.2 cm³/mol. The standard InChI is InChI=1S/C16H25NS/c1-14-7-5-6-8-15(14)13-17-11-12-18-16-9-3-2-4-10-16/h2-4,9-10,14-15,17H,5-8,11-13H2,1H3. The predicted octanol–water partition coefficient (Wildman–Crippen LogP) is 4.19. The van der Waals surface area contributed by atoms with E-state index in [0.29, 0.717) is 0 Å². The van der Waals surface area contributed by atoms with E-state index < -0.39 is 0 Å². The molecule has 1 aromatic carbocycles. The summed E-state index contributed by atoms with van der Waals surface area (Å²) in [6.07, 6.45) is 5.75. The summed E-state index contributed by atoms with van der Waals surface area (Å²) in [6, 6.07) is 10.7. The molecule has 1 fully saturated rings. The lowest BCUT2D eigenvalue weighted by atomic mass is 9.80. The third-order valence-corrected chi connectivity index (χ3v) is 5.00. The van der Waals surface area contributed by atoms with Gasteiger partial charge in [-0.1, -0.05) is 44.4 Å².